The average molecular weight is 324 g/mol. The Bertz CT molecular complexity index is 724. The highest BCUT2D eigenvalue weighted by Gasteiger charge is 2.14. The second-order valence-corrected chi connectivity index (χ2v) is 5.76. The third-order valence-corrected chi connectivity index (χ3v) is 4.08. The Morgan fingerprint density at radius 2 is 1.83 bits per heavy atom. The van der Waals surface area contributed by atoms with E-state index in [1.165, 1.54) is 0 Å². The van der Waals surface area contributed by atoms with Crippen LogP contribution in [0.25, 0.3) is 0 Å². The van der Waals surface area contributed by atoms with Crippen LogP contribution in [0, 0.1) is 13.8 Å². The lowest BCUT2D eigenvalue weighted by atomic mass is 10.0. The molecule has 0 spiro atoms. The zero-order chi connectivity index (χ0) is 17.5. The molecule has 0 amide bonds. The molecule has 126 valence electrons. The molecule has 4 heteroatoms. The first-order valence-corrected chi connectivity index (χ1v) is 8.08. The Labute approximate surface area is 143 Å². The van der Waals surface area contributed by atoms with Crippen LogP contribution in [0.3, 0.4) is 0 Å². The Balaban J connectivity index is 2.12. The molecule has 2 aromatic carbocycles. The summed E-state index contributed by atoms with van der Waals surface area (Å²) in [7, 11) is 1.97. The molecular weight excluding hydrogens is 300 g/mol. The smallest absolute Gasteiger partial charge is 0.338 e. The number of carbonyl (C=O) groups is 1. The summed E-state index contributed by atoms with van der Waals surface area (Å²) in [6.45, 7) is 7.14. The molecule has 0 N–H and O–H groups in total. The molecule has 2 aromatic rings. The van der Waals surface area contributed by atoms with Crippen LogP contribution in [-0.2, 0) is 11.3 Å². The van der Waals surface area contributed by atoms with Gasteiger partial charge in [0.15, 0.2) is 0 Å². The number of hydrogen-bond donors (Lipinski definition) is 0. The van der Waals surface area contributed by atoms with Crippen LogP contribution < -0.4 is 0 Å². The molecule has 0 radical (unpaired) electrons. The first-order valence-electron chi connectivity index (χ1n) is 8.08. The van der Waals surface area contributed by atoms with Crippen molar-refractivity contribution in [3.8, 4) is 0 Å². The van der Waals surface area contributed by atoms with Crippen LogP contribution in [0.4, 0.5) is 5.69 Å². The topological polar surface area (TPSA) is 41.9 Å². The van der Waals surface area contributed by atoms with Crippen LogP contribution in [0.1, 0.15) is 34.0 Å². The predicted octanol–water partition coefficient (Wildman–Crippen LogP) is 4.27. The quantitative estimate of drug-likeness (QED) is 0.453. The monoisotopic (exact) mass is 324 g/mol. The van der Waals surface area contributed by atoms with Crippen molar-refractivity contribution < 1.29 is 9.53 Å². The standard InChI is InChI=1S/C20H24N2O2/c1-5-22(4)14-21-19-12-11-18(15(2)16(19)3)20(23)24-13-17-9-7-6-8-10-17/h6-12,14H,5,13H2,1-4H3. The number of nitrogens with zero attached hydrogens (tertiary/aromatic N) is 2. The molecule has 24 heavy (non-hydrogen) atoms. The summed E-state index contributed by atoms with van der Waals surface area (Å²) in [6, 6.07) is 13.3. The minimum absolute atomic E-state index is 0.277. The second kappa shape index (κ2) is 8.29. The molecule has 0 aliphatic rings. The van der Waals surface area contributed by atoms with Crippen LogP contribution in [0.2, 0.25) is 0 Å². The molecular formula is C20H24N2O2. The Hall–Kier alpha value is -2.62. The molecule has 0 unspecified atom stereocenters. The summed E-state index contributed by atoms with van der Waals surface area (Å²) in [6.07, 6.45) is 1.80. The van der Waals surface area contributed by atoms with Gasteiger partial charge in [-0.15, -0.1) is 0 Å². The maximum atomic E-state index is 12.3. The Morgan fingerprint density at radius 3 is 2.50 bits per heavy atom. The highest BCUT2D eigenvalue weighted by molar-refractivity contribution is 5.92. The van der Waals surface area contributed by atoms with Crippen molar-refractivity contribution in [3.63, 3.8) is 0 Å². The maximum absolute atomic E-state index is 12.3. The molecule has 0 heterocycles. The SMILES string of the molecule is CCN(C)C=Nc1ccc(C(=O)OCc2ccccc2)c(C)c1C. The summed E-state index contributed by atoms with van der Waals surface area (Å²) >= 11 is 0. The van der Waals surface area contributed by atoms with E-state index in [1.54, 1.807) is 12.4 Å². The number of aliphatic imine (C=N–C) groups is 1. The van der Waals surface area contributed by atoms with Crippen molar-refractivity contribution in [1.29, 1.82) is 0 Å². The van der Waals surface area contributed by atoms with Crippen molar-refractivity contribution in [2.45, 2.75) is 27.4 Å². The second-order valence-electron chi connectivity index (χ2n) is 5.76. The van der Waals surface area contributed by atoms with Gasteiger partial charge in [0.25, 0.3) is 0 Å². The van der Waals surface area contributed by atoms with Gasteiger partial charge >= 0.3 is 5.97 Å². The summed E-state index contributed by atoms with van der Waals surface area (Å²) in [4.78, 5) is 18.8. The van der Waals surface area contributed by atoms with Gasteiger partial charge in [-0.1, -0.05) is 30.3 Å². The minimum Gasteiger partial charge on any atom is -0.457 e. The fourth-order valence-electron chi connectivity index (χ4n) is 2.21. The molecule has 0 aromatic heterocycles. The predicted molar refractivity (Wildman–Crippen MR) is 97.9 cm³/mol. The molecule has 2 rings (SSSR count). The van der Waals surface area contributed by atoms with Crippen molar-refractivity contribution in [1.82, 2.24) is 4.90 Å². The van der Waals surface area contributed by atoms with Crippen LogP contribution in [0.5, 0.6) is 0 Å². The zero-order valence-corrected chi connectivity index (χ0v) is 14.7. The van der Waals surface area contributed by atoms with Gasteiger partial charge in [-0.3, -0.25) is 0 Å². The molecule has 4 nitrogen and oxygen atoms in total. The van der Waals surface area contributed by atoms with E-state index in [-0.39, 0.29) is 12.6 Å². The van der Waals surface area contributed by atoms with Crippen molar-refractivity contribution >= 4 is 18.0 Å². The zero-order valence-electron chi connectivity index (χ0n) is 14.7. The normalized spacial score (nSPS) is 10.8. The Morgan fingerprint density at radius 1 is 1.12 bits per heavy atom. The van der Waals surface area contributed by atoms with E-state index in [4.69, 9.17) is 4.74 Å². The van der Waals surface area contributed by atoms with Crippen molar-refractivity contribution in [3.05, 3.63) is 64.7 Å². The number of benzene rings is 2. The summed E-state index contributed by atoms with van der Waals surface area (Å²) < 4.78 is 5.42. The van der Waals surface area contributed by atoms with Gasteiger partial charge in [0.1, 0.15) is 6.61 Å². The number of carbonyl (C=O) groups excluding carboxylic acids is 1. The van der Waals surface area contributed by atoms with Crippen molar-refractivity contribution in [2.75, 3.05) is 13.6 Å². The highest BCUT2D eigenvalue weighted by Crippen LogP contribution is 2.25. The van der Waals surface area contributed by atoms with Gasteiger partial charge in [-0.2, -0.15) is 0 Å². The molecule has 0 saturated carbocycles. The molecule has 0 bridgehead atoms. The lowest BCUT2D eigenvalue weighted by Crippen LogP contribution is -2.14. The molecule has 0 atom stereocenters. The van der Waals surface area contributed by atoms with E-state index in [0.717, 1.165) is 28.9 Å². The fourth-order valence-corrected chi connectivity index (χ4v) is 2.21. The summed E-state index contributed by atoms with van der Waals surface area (Å²) in [5.74, 6) is -0.305. The average Bonchev–Trinajstić information content (AvgIpc) is 2.61. The van der Waals surface area contributed by atoms with Crippen LogP contribution in [-0.4, -0.2) is 30.8 Å². The summed E-state index contributed by atoms with van der Waals surface area (Å²) in [5.41, 5.74) is 4.33. The fraction of sp³-hybridized carbons (Fsp3) is 0.300. The third-order valence-electron chi connectivity index (χ3n) is 4.08. The Kier molecular flexibility index (Phi) is 6.13. The van der Waals surface area contributed by atoms with Gasteiger partial charge in [0.05, 0.1) is 17.6 Å². The number of esters is 1. The number of ether oxygens (including phenoxy) is 1. The van der Waals surface area contributed by atoms with Crippen LogP contribution >= 0.6 is 0 Å². The van der Waals surface area contributed by atoms with E-state index >= 15 is 0 Å². The van der Waals surface area contributed by atoms with E-state index < -0.39 is 0 Å². The number of rotatable bonds is 6. The van der Waals surface area contributed by atoms with E-state index in [1.807, 2.05) is 62.2 Å². The van der Waals surface area contributed by atoms with Gasteiger partial charge < -0.3 is 9.64 Å². The van der Waals surface area contributed by atoms with Gasteiger partial charge in [0.2, 0.25) is 0 Å². The number of hydrogen-bond acceptors (Lipinski definition) is 3. The first kappa shape index (κ1) is 17.7. The molecule has 0 saturated heterocycles. The van der Waals surface area contributed by atoms with E-state index in [9.17, 15) is 4.79 Å². The minimum atomic E-state index is -0.305. The lowest BCUT2D eigenvalue weighted by Gasteiger charge is -2.12. The van der Waals surface area contributed by atoms with Gasteiger partial charge in [-0.25, -0.2) is 9.79 Å². The third kappa shape index (κ3) is 4.44. The maximum Gasteiger partial charge on any atom is 0.338 e. The first-order chi connectivity index (χ1) is 11.5. The van der Waals surface area contributed by atoms with E-state index in [0.29, 0.717) is 5.56 Å². The van der Waals surface area contributed by atoms with Gasteiger partial charge in [-0.05, 0) is 49.6 Å². The highest BCUT2D eigenvalue weighted by atomic mass is 16.5. The van der Waals surface area contributed by atoms with Crippen LogP contribution in [0.15, 0.2) is 47.5 Å². The van der Waals surface area contributed by atoms with Gasteiger partial charge in [0, 0.05) is 13.6 Å². The largest absolute Gasteiger partial charge is 0.457 e. The molecule has 0 fully saturated rings. The lowest BCUT2D eigenvalue weighted by molar-refractivity contribution is 0.0472. The molecule has 0 aliphatic carbocycles. The van der Waals surface area contributed by atoms with E-state index in [2.05, 4.69) is 11.9 Å². The van der Waals surface area contributed by atoms with Crippen molar-refractivity contribution in [2.24, 2.45) is 4.99 Å². The summed E-state index contributed by atoms with van der Waals surface area (Å²) in [5, 5.41) is 0. The molecule has 0 aliphatic heterocycles.